The second kappa shape index (κ2) is 4.66. The fraction of sp³-hybridized carbons (Fsp3) is 0.231. The lowest BCUT2D eigenvalue weighted by molar-refractivity contribution is 1.46. The van der Waals surface area contributed by atoms with Gasteiger partial charge in [-0.25, -0.2) is 0 Å². The number of hydrogen-bond acceptors (Lipinski definition) is 0. The molecule has 0 unspecified atom stereocenters. The molecule has 0 fully saturated rings. The van der Waals surface area contributed by atoms with Gasteiger partial charge in [-0.2, -0.15) is 0 Å². The van der Waals surface area contributed by atoms with Gasteiger partial charge in [-0.3, -0.25) is 0 Å². The van der Waals surface area contributed by atoms with Crippen molar-refractivity contribution in [2.45, 2.75) is 20.8 Å². The average molecular weight is 172 g/mol. The van der Waals surface area contributed by atoms with Gasteiger partial charge in [0.25, 0.3) is 0 Å². The van der Waals surface area contributed by atoms with Crippen LogP contribution >= 0.6 is 0 Å². The molecule has 1 rings (SSSR count). The van der Waals surface area contributed by atoms with Gasteiger partial charge in [0.05, 0.1) is 0 Å². The third kappa shape index (κ3) is 2.32. The van der Waals surface area contributed by atoms with Crippen LogP contribution < -0.4 is 10.4 Å². The highest BCUT2D eigenvalue weighted by Crippen LogP contribution is 1.90. The van der Waals surface area contributed by atoms with Crippen molar-refractivity contribution in [2.75, 3.05) is 0 Å². The van der Waals surface area contributed by atoms with E-state index in [1.165, 1.54) is 16.0 Å². The summed E-state index contributed by atoms with van der Waals surface area (Å²) in [5.74, 6) is 0. The van der Waals surface area contributed by atoms with Crippen LogP contribution in [0.1, 0.15) is 20.8 Å². The molecule has 68 valence electrons. The van der Waals surface area contributed by atoms with Crippen molar-refractivity contribution in [3.8, 4) is 0 Å². The summed E-state index contributed by atoms with van der Waals surface area (Å²) < 4.78 is 0. The Morgan fingerprint density at radius 3 is 2.46 bits per heavy atom. The molecule has 0 aromatic heterocycles. The first-order chi connectivity index (χ1) is 6.29. The first-order valence-corrected chi connectivity index (χ1v) is 4.64. The van der Waals surface area contributed by atoms with E-state index >= 15 is 0 Å². The third-order valence-corrected chi connectivity index (χ3v) is 2.11. The van der Waals surface area contributed by atoms with Gasteiger partial charge in [-0.1, -0.05) is 42.5 Å². The molecule has 0 heteroatoms. The normalized spacial score (nSPS) is 15.2. The topological polar surface area (TPSA) is 0 Å². The summed E-state index contributed by atoms with van der Waals surface area (Å²) in [6, 6.07) is 8.45. The zero-order valence-electron chi connectivity index (χ0n) is 8.54. The molecule has 0 saturated carbocycles. The van der Waals surface area contributed by atoms with Gasteiger partial charge in [0.15, 0.2) is 0 Å². The van der Waals surface area contributed by atoms with E-state index in [0.29, 0.717) is 0 Å². The molecular formula is C13H16. The largest absolute Gasteiger partial charge is 0.0874 e. The van der Waals surface area contributed by atoms with Crippen LogP contribution in [0.2, 0.25) is 0 Å². The molecule has 1 aromatic rings. The smallest absolute Gasteiger partial charge is 0.0158 e. The molecule has 0 radical (unpaired) electrons. The third-order valence-electron chi connectivity index (χ3n) is 2.11. The Labute approximate surface area is 79.9 Å². The van der Waals surface area contributed by atoms with Crippen LogP contribution in [-0.4, -0.2) is 0 Å². The number of allylic oxidation sites excluding steroid dienone is 2. The van der Waals surface area contributed by atoms with Crippen molar-refractivity contribution in [1.82, 2.24) is 0 Å². The molecule has 0 atom stereocenters. The zero-order chi connectivity index (χ0) is 9.68. The van der Waals surface area contributed by atoms with E-state index in [1.54, 1.807) is 0 Å². The highest BCUT2D eigenvalue weighted by atomic mass is 13.9. The lowest BCUT2D eigenvalue weighted by atomic mass is 10.1. The maximum Gasteiger partial charge on any atom is -0.0158 e. The minimum Gasteiger partial charge on any atom is -0.0874 e. The van der Waals surface area contributed by atoms with E-state index in [9.17, 15) is 0 Å². The summed E-state index contributed by atoms with van der Waals surface area (Å²) in [6.45, 7) is 6.26. The maximum atomic E-state index is 2.16. The number of benzene rings is 1. The quantitative estimate of drug-likeness (QED) is 0.609. The standard InChI is InChI=1S/C13H16/c1-4-8-11(3)13-10-7-6-9-12(13)5-2/h4-10H,1-3H3/b8-4-,12-5-,13-11-. The molecule has 0 heterocycles. The summed E-state index contributed by atoms with van der Waals surface area (Å²) in [5.41, 5.74) is 1.32. The van der Waals surface area contributed by atoms with Crippen LogP contribution in [0.25, 0.3) is 11.6 Å². The first kappa shape index (κ1) is 9.79. The van der Waals surface area contributed by atoms with Crippen LogP contribution in [-0.2, 0) is 0 Å². The van der Waals surface area contributed by atoms with Gasteiger partial charge in [-0.05, 0) is 36.8 Å². The number of rotatable bonds is 1. The Morgan fingerprint density at radius 2 is 1.85 bits per heavy atom. The van der Waals surface area contributed by atoms with Crippen molar-refractivity contribution in [3.05, 3.63) is 46.9 Å². The average Bonchev–Trinajstić information content (AvgIpc) is 2.18. The molecule has 0 bridgehead atoms. The fourth-order valence-corrected chi connectivity index (χ4v) is 1.45. The Morgan fingerprint density at radius 1 is 1.15 bits per heavy atom. The maximum absolute atomic E-state index is 2.16. The van der Waals surface area contributed by atoms with Gasteiger partial charge in [0, 0.05) is 0 Å². The van der Waals surface area contributed by atoms with E-state index in [1.807, 2.05) is 6.92 Å². The predicted molar refractivity (Wildman–Crippen MR) is 59.7 cm³/mol. The Hall–Kier alpha value is -1.30. The second-order valence-corrected chi connectivity index (χ2v) is 3.06. The molecule has 13 heavy (non-hydrogen) atoms. The molecule has 0 amide bonds. The van der Waals surface area contributed by atoms with Crippen LogP contribution in [0.4, 0.5) is 0 Å². The highest BCUT2D eigenvalue weighted by Gasteiger charge is 1.86. The summed E-state index contributed by atoms with van der Waals surface area (Å²) >= 11 is 0. The minimum absolute atomic E-state index is 1.30. The molecule has 0 saturated heterocycles. The van der Waals surface area contributed by atoms with Crippen molar-refractivity contribution < 1.29 is 0 Å². The van der Waals surface area contributed by atoms with E-state index in [0.717, 1.165) is 0 Å². The first-order valence-electron chi connectivity index (χ1n) is 4.64. The zero-order valence-corrected chi connectivity index (χ0v) is 8.54. The van der Waals surface area contributed by atoms with Crippen molar-refractivity contribution >= 4 is 11.6 Å². The molecule has 0 spiro atoms. The van der Waals surface area contributed by atoms with Gasteiger partial charge in [-0.15, -0.1) is 0 Å². The van der Waals surface area contributed by atoms with E-state index in [2.05, 4.69) is 56.3 Å². The van der Waals surface area contributed by atoms with Crippen LogP contribution in [0.5, 0.6) is 0 Å². The fourth-order valence-electron chi connectivity index (χ4n) is 1.45. The summed E-state index contributed by atoms with van der Waals surface area (Å²) in [7, 11) is 0. The van der Waals surface area contributed by atoms with Gasteiger partial charge in [0.2, 0.25) is 0 Å². The van der Waals surface area contributed by atoms with E-state index in [4.69, 9.17) is 0 Å². The minimum atomic E-state index is 1.30. The molecule has 1 aromatic carbocycles. The van der Waals surface area contributed by atoms with E-state index < -0.39 is 0 Å². The van der Waals surface area contributed by atoms with E-state index in [-0.39, 0.29) is 0 Å². The summed E-state index contributed by atoms with van der Waals surface area (Å²) in [4.78, 5) is 0. The molecule has 0 nitrogen and oxygen atoms in total. The predicted octanol–water partition coefficient (Wildman–Crippen LogP) is 2.23. The summed E-state index contributed by atoms with van der Waals surface area (Å²) in [5, 5.41) is 2.63. The van der Waals surface area contributed by atoms with Crippen molar-refractivity contribution in [3.63, 3.8) is 0 Å². The number of hydrogen-bond donors (Lipinski definition) is 0. The Bertz CT molecular complexity index is 408. The summed E-state index contributed by atoms with van der Waals surface area (Å²) in [6.07, 6.45) is 6.35. The molecular weight excluding hydrogens is 156 g/mol. The van der Waals surface area contributed by atoms with Gasteiger partial charge in [0.1, 0.15) is 0 Å². The highest BCUT2D eigenvalue weighted by molar-refractivity contribution is 5.54. The monoisotopic (exact) mass is 172 g/mol. The lowest BCUT2D eigenvalue weighted by Crippen LogP contribution is -2.24. The SMILES string of the molecule is C\C=C/C(C)=c1/cccc/c1=C/C. The lowest BCUT2D eigenvalue weighted by Gasteiger charge is -1.93. The second-order valence-electron chi connectivity index (χ2n) is 3.06. The van der Waals surface area contributed by atoms with Gasteiger partial charge >= 0.3 is 0 Å². The Kier molecular flexibility index (Phi) is 3.51. The Balaban J connectivity index is 3.54. The van der Waals surface area contributed by atoms with Crippen LogP contribution in [0, 0.1) is 0 Å². The van der Waals surface area contributed by atoms with Crippen molar-refractivity contribution in [2.24, 2.45) is 0 Å². The molecule has 0 aliphatic carbocycles. The van der Waals surface area contributed by atoms with Crippen molar-refractivity contribution in [1.29, 1.82) is 0 Å². The molecule has 0 aliphatic heterocycles. The van der Waals surface area contributed by atoms with Crippen LogP contribution in [0.15, 0.2) is 36.4 Å². The van der Waals surface area contributed by atoms with Crippen LogP contribution in [0.3, 0.4) is 0 Å². The molecule has 0 N–H and O–H groups in total. The van der Waals surface area contributed by atoms with Gasteiger partial charge < -0.3 is 0 Å². The molecule has 0 aliphatic rings.